The third-order valence-corrected chi connectivity index (χ3v) is 5.96. The summed E-state index contributed by atoms with van der Waals surface area (Å²) >= 11 is 0. The fourth-order valence-electron chi connectivity index (χ4n) is 4.14. The number of likely N-dealkylation sites (tertiary alicyclic amines) is 1. The first-order valence-electron chi connectivity index (χ1n) is 9.85. The second-order valence-corrected chi connectivity index (χ2v) is 8.06. The van der Waals surface area contributed by atoms with E-state index >= 15 is 0 Å². The highest BCUT2D eigenvalue weighted by Gasteiger charge is 2.48. The zero-order valence-corrected chi connectivity index (χ0v) is 16.9. The van der Waals surface area contributed by atoms with Gasteiger partial charge in [-0.2, -0.15) is 18.4 Å². The second-order valence-electron chi connectivity index (χ2n) is 8.06. The number of rotatable bonds is 4. The first-order chi connectivity index (χ1) is 15.0. The van der Waals surface area contributed by atoms with Crippen molar-refractivity contribution < 1.29 is 31.5 Å². The Labute approximate surface area is 180 Å². The van der Waals surface area contributed by atoms with Crippen molar-refractivity contribution in [3.8, 4) is 11.8 Å². The van der Waals surface area contributed by atoms with Gasteiger partial charge in [-0.3, -0.25) is 9.78 Å². The molecule has 0 radical (unpaired) electrons. The van der Waals surface area contributed by atoms with Crippen LogP contribution < -0.4 is 4.74 Å². The van der Waals surface area contributed by atoms with Gasteiger partial charge in [-0.1, -0.05) is 6.07 Å². The maximum atomic E-state index is 13.5. The van der Waals surface area contributed by atoms with Gasteiger partial charge in [0, 0.05) is 43.7 Å². The van der Waals surface area contributed by atoms with Gasteiger partial charge in [0.1, 0.15) is 11.8 Å². The van der Waals surface area contributed by atoms with Crippen LogP contribution in [-0.2, 0) is 6.18 Å². The molecule has 10 heteroatoms. The number of alkyl halides is 5. The number of carbonyl (C=O) groups is 1. The lowest BCUT2D eigenvalue weighted by molar-refractivity contribution is -0.137. The molecule has 1 aromatic heterocycles. The predicted octanol–water partition coefficient (Wildman–Crippen LogP) is 4.73. The Hall–Kier alpha value is -3.22. The van der Waals surface area contributed by atoms with Crippen LogP contribution in [0.4, 0.5) is 22.0 Å². The Kier molecular flexibility index (Phi) is 5.31. The summed E-state index contributed by atoms with van der Waals surface area (Å²) < 4.78 is 70.4. The number of carbonyl (C=O) groups excluding carboxylic acids is 1. The van der Waals surface area contributed by atoms with Gasteiger partial charge < -0.3 is 9.64 Å². The molecule has 0 spiro atoms. The standard InChI is InChI=1S/C22H18F5N3O2/c1-32-19-12(8-28)2-4-16(13-6-21(23,24)7-13)18(19)20(31)30-10-14(11-30)17-5-3-15(9-29-17)22(25,26)27/h2-5,9,13-14H,6-7,10-11H2,1H3. The zero-order valence-electron chi connectivity index (χ0n) is 16.9. The second kappa shape index (κ2) is 7.73. The lowest BCUT2D eigenvalue weighted by Crippen LogP contribution is -2.49. The van der Waals surface area contributed by atoms with Crippen molar-refractivity contribution in [2.75, 3.05) is 20.2 Å². The molecule has 1 amide bonds. The van der Waals surface area contributed by atoms with Crippen LogP contribution in [0.2, 0.25) is 0 Å². The van der Waals surface area contributed by atoms with E-state index in [1.807, 2.05) is 6.07 Å². The smallest absolute Gasteiger partial charge is 0.417 e. The summed E-state index contributed by atoms with van der Waals surface area (Å²) in [5.74, 6) is -3.99. The molecule has 1 aliphatic heterocycles. The minimum absolute atomic E-state index is 0.0429. The SMILES string of the molecule is COc1c(C#N)ccc(C2CC(F)(F)C2)c1C(=O)N1CC(c2ccc(C(F)(F)F)cn2)C1. The predicted molar refractivity (Wildman–Crippen MR) is 103 cm³/mol. The minimum Gasteiger partial charge on any atom is -0.495 e. The summed E-state index contributed by atoms with van der Waals surface area (Å²) in [5.41, 5.74) is 0.193. The molecular weight excluding hydrogens is 433 g/mol. The number of ether oxygens (including phenoxy) is 1. The molecule has 1 aliphatic carbocycles. The van der Waals surface area contributed by atoms with Crippen molar-refractivity contribution >= 4 is 5.91 Å². The molecule has 2 aromatic rings. The van der Waals surface area contributed by atoms with E-state index < -0.39 is 29.5 Å². The Morgan fingerprint density at radius 2 is 1.88 bits per heavy atom. The summed E-state index contributed by atoms with van der Waals surface area (Å²) in [4.78, 5) is 18.6. The van der Waals surface area contributed by atoms with Crippen LogP contribution in [-0.4, -0.2) is 41.9 Å². The molecule has 168 valence electrons. The minimum atomic E-state index is -4.48. The molecule has 5 nitrogen and oxygen atoms in total. The van der Waals surface area contributed by atoms with E-state index in [0.29, 0.717) is 11.3 Å². The molecule has 0 bridgehead atoms. The van der Waals surface area contributed by atoms with E-state index in [2.05, 4.69) is 4.98 Å². The quantitative estimate of drug-likeness (QED) is 0.631. The summed E-state index contributed by atoms with van der Waals surface area (Å²) in [5, 5.41) is 9.36. The number of halogens is 5. The third-order valence-electron chi connectivity index (χ3n) is 5.96. The van der Waals surface area contributed by atoms with Crippen LogP contribution in [0, 0.1) is 11.3 Å². The molecule has 2 aliphatic rings. The summed E-state index contributed by atoms with van der Waals surface area (Å²) in [6.07, 6.45) is -4.50. The summed E-state index contributed by atoms with van der Waals surface area (Å²) in [6.45, 7) is 0.412. The molecule has 0 atom stereocenters. The van der Waals surface area contributed by atoms with E-state index in [-0.39, 0.29) is 48.7 Å². The van der Waals surface area contributed by atoms with Crippen molar-refractivity contribution in [2.24, 2.45) is 0 Å². The monoisotopic (exact) mass is 451 g/mol. The number of aromatic nitrogens is 1. The van der Waals surface area contributed by atoms with Gasteiger partial charge in [-0.05, 0) is 29.7 Å². The van der Waals surface area contributed by atoms with Crippen LogP contribution in [0.5, 0.6) is 5.75 Å². The Balaban J connectivity index is 1.55. The number of pyridine rings is 1. The molecular formula is C22H18F5N3O2. The third kappa shape index (κ3) is 3.87. The maximum absolute atomic E-state index is 13.5. The fourth-order valence-corrected chi connectivity index (χ4v) is 4.14. The van der Waals surface area contributed by atoms with Crippen molar-refractivity contribution in [1.29, 1.82) is 5.26 Å². The van der Waals surface area contributed by atoms with Gasteiger partial charge in [0.25, 0.3) is 5.91 Å². The van der Waals surface area contributed by atoms with Crippen molar-refractivity contribution in [3.05, 3.63) is 58.4 Å². The van der Waals surface area contributed by atoms with Crippen molar-refractivity contribution in [1.82, 2.24) is 9.88 Å². The number of benzene rings is 1. The molecule has 0 unspecified atom stereocenters. The van der Waals surface area contributed by atoms with Gasteiger partial charge >= 0.3 is 6.18 Å². The number of hydrogen-bond acceptors (Lipinski definition) is 4. The van der Waals surface area contributed by atoms with E-state index in [1.165, 1.54) is 30.2 Å². The lowest BCUT2D eigenvalue weighted by Gasteiger charge is -2.41. The van der Waals surface area contributed by atoms with Gasteiger partial charge in [0.05, 0.1) is 23.8 Å². The molecule has 0 N–H and O–H groups in total. The highest BCUT2D eigenvalue weighted by atomic mass is 19.4. The summed E-state index contributed by atoms with van der Waals surface area (Å²) in [6, 6.07) is 7.14. The van der Waals surface area contributed by atoms with Gasteiger partial charge in [0.15, 0.2) is 0 Å². The zero-order chi connectivity index (χ0) is 23.3. The number of nitrogens with zero attached hydrogens (tertiary/aromatic N) is 3. The number of hydrogen-bond donors (Lipinski definition) is 0. The molecule has 2 fully saturated rings. The summed E-state index contributed by atoms with van der Waals surface area (Å²) in [7, 11) is 1.30. The van der Waals surface area contributed by atoms with Gasteiger partial charge in [0.2, 0.25) is 5.92 Å². The van der Waals surface area contributed by atoms with E-state index in [1.54, 1.807) is 0 Å². The average molecular weight is 451 g/mol. The Morgan fingerprint density at radius 3 is 2.38 bits per heavy atom. The van der Waals surface area contributed by atoms with Crippen LogP contribution in [0.15, 0.2) is 30.5 Å². The largest absolute Gasteiger partial charge is 0.495 e. The normalized spacial score (nSPS) is 18.5. The van der Waals surface area contributed by atoms with Crippen LogP contribution in [0.1, 0.15) is 57.4 Å². The van der Waals surface area contributed by atoms with Crippen molar-refractivity contribution in [2.45, 2.75) is 36.8 Å². The first-order valence-corrected chi connectivity index (χ1v) is 9.85. The van der Waals surface area contributed by atoms with Crippen LogP contribution >= 0.6 is 0 Å². The molecule has 32 heavy (non-hydrogen) atoms. The number of methoxy groups -OCH3 is 1. The number of nitriles is 1. The molecule has 4 rings (SSSR count). The molecule has 1 aromatic carbocycles. The van der Waals surface area contributed by atoms with E-state index in [0.717, 1.165) is 12.3 Å². The average Bonchev–Trinajstić information content (AvgIpc) is 2.69. The maximum Gasteiger partial charge on any atom is 0.417 e. The number of amides is 1. The fraction of sp³-hybridized carbons (Fsp3) is 0.409. The first kappa shape index (κ1) is 22.0. The molecule has 1 saturated carbocycles. The molecule has 1 saturated heterocycles. The van der Waals surface area contributed by atoms with Gasteiger partial charge in [-0.15, -0.1) is 0 Å². The van der Waals surface area contributed by atoms with E-state index in [9.17, 15) is 32.0 Å². The Morgan fingerprint density at radius 1 is 1.19 bits per heavy atom. The highest BCUT2D eigenvalue weighted by Crippen LogP contribution is 2.50. The van der Waals surface area contributed by atoms with Crippen LogP contribution in [0.25, 0.3) is 0 Å². The topological polar surface area (TPSA) is 66.2 Å². The van der Waals surface area contributed by atoms with E-state index in [4.69, 9.17) is 4.74 Å². The van der Waals surface area contributed by atoms with Crippen LogP contribution in [0.3, 0.4) is 0 Å². The Bertz CT molecular complexity index is 1080. The van der Waals surface area contributed by atoms with Gasteiger partial charge in [-0.25, -0.2) is 8.78 Å². The highest BCUT2D eigenvalue weighted by molar-refractivity contribution is 6.00. The molecule has 2 heterocycles. The lowest BCUT2D eigenvalue weighted by atomic mass is 9.74. The van der Waals surface area contributed by atoms with Crippen molar-refractivity contribution in [3.63, 3.8) is 0 Å².